The summed E-state index contributed by atoms with van der Waals surface area (Å²) in [5.41, 5.74) is 0.230. The van der Waals surface area contributed by atoms with Crippen LogP contribution in [0.5, 0.6) is 0 Å². The predicted octanol–water partition coefficient (Wildman–Crippen LogP) is 2.94. The van der Waals surface area contributed by atoms with Gasteiger partial charge in [0.1, 0.15) is 6.54 Å². The molecular weight excluding hydrogens is 213 g/mol. The fourth-order valence-electron chi connectivity index (χ4n) is 0.863. The second-order valence-electron chi connectivity index (χ2n) is 2.31. The van der Waals surface area contributed by atoms with Crippen LogP contribution in [0.25, 0.3) is 0 Å². The zero-order chi connectivity index (χ0) is 9.84. The van der Waals surface area contributed by atoms with Crippen molar-refractivity contribution in [3.63, 3.8) is 0 Å². The van der Waals surface area contributed by atoms with Gasteiger partial charge in [0.05, 0.1) is 10.0 Å². The second kappa shape index (κ2) is 4.35. The average molecular weight is 218 g/mol. The van der Waals surface area contributed by atoms with Crippen LogP contribution in [-0.4, -0.2) is 12.3 Å². The Morgan fingerprint density at radius 1 is 1.38 bits per heavy atom. The predicted molar refractivity (Wildman–Crippen MR) is 51.5 cm³/mol. The van der Waals surface area contributed by atoms with E-state index in [1.165, 1.54) is 6.07 Å². The molecule has 0 aliphatic heterocycles. The molecule has 1 aromatic rings. The molecule has 13 heavy (non-hydrogen) atoms. The SMILES string of the molecule is O=NCC(=O)c1cccc(Cl)c1Cl. The molecule has 1 rings (SSSR count). The minimum absolute atomic E-state index is 0.165. The number of rotatable bonds is 3. The third-order valence-electron chi connectivity index (χ3n) is 1.46. The molecule has 1 aromatic carbocycles. The fraction of sp³-hybridized carbons (Fsp3) is 0.125. The Bertz CT molecular complexity index is 352. The molecule has 0 saturated heterocycles. The van der Waals surface area contributed by atoms with Crippen molar-refractivity contribution in [2.24, 2.45) is 5.18 Å². The highest BCUT2D eigenvalue weighted by molar-refractivity contribution is 6.43. The quantitative estimate of drug-likeness (QED) is 0.578. The minimum atomic E-state index is -0.428. The first-order valence-corrected chi connectivity index (χ1v) is 4.18. The van der Waals surface area contributed by atoms with E-state index in [2.05, 4.69) is 5.18 Å². The topological polar surface area (TPSA) is 46.5 Å². The van der Waals surface area contributed by atoms with Gasteiger partial charge in [-0.3, -0.25) is 4.79 Å². The van der Waals surface area contributed by atoms with Crippen molar-refractivity contribution in [1.29, 1.82) is 0 Å². The molecule has 0 unspecified atom stereocenters. The third kappa shape index (κ3) is 2.26. The van der Waals surface area contributed by atoms with Crippen LogP contribution in [0.4, 0.5) is 0 Å². The van der Waals surface area contributed by atoms with Crippen molar-refractivity contribution in [2.75, 3.05) is 6.54 Å². The Morgan fingerprint density at radius 2 is 2.08 bits per heavy atom. The van der Waals surface area contributed by atoms with Crippen LogP contribution in [0, 0.1) is 4.91 Å². The smallest absolute Gasteiger partial charge is 0.189 e. The number of halogens is 2. The summed E-state index contributed by atoms with van der Waals surface area (Å²) in [6, 6.07) is 4.66. The van der Waals surface area contributed by atoms with Crippen molar-refractivity contribution in [3.8, 4) is 0 Å². The Hall–Kier alpha value is -0.930. The summed E-state index contributed by atoms with van der Waals surface area (Å²) >= 11 is 11.4. The number of hydrogen-bond acceptors (Lipinski definition) is 3. The molecule has 0 aliphatic rings. The highest BCUT2D eigenvalue weighted by Gasteiger charge is 2.11. The monoisotopic (exact) mass is 217 g/mol. The zero-order valence-corrected chi connectivity index (χ0v) is 7.97. The number of benzene rings is 1. The lowest BCUT2D eigenvalue weighted by atomic mass is 10.1. The Morgan fingerprint density at radius 3 is 2.69 bits per heavy atom. The summed E-state index contributed by atoms with van der Waals surface area (Å²) in [5.74, 6) is -0.428. The average Bonchev–Trinajstić information content (AvgIpc) is 2.10. The van der Waals surface area contributed by atoms with E-state index in [0.29, 0.717) is 5.02 Å². The van der Waals surface area contributed by atoms with Crippen LogP contribution in [0.1, 0.15) is 10.4 Å². The van der Waals surface area contributed by atoms with Gasteiger partial charge >= 0.3 is 0 Å². The number of carbonyl (C=O) groups excluding carboxylic acids is 1. The third-order valence-corrected chi connectivity index (χ3v) is 2.28. The van der Waals surface area contributed by atoms with Gasteiger partial charge in [-0.1, -0.05) is 34.4 Å². The van der Waals surface area contributed by atoms with Crippen molar-refractivity contribution < 1.29 is 4.79 Å². The largest absolute Gasteiger partial charge is 0.292 e. The highest BCUT2D eigenvalue weighted by Crippen LogP contribution is 2.25. The zero-order valence-electron chi connectivity index (χ0n) is 6.46. The highest BCUT2D eigenvalue weighted by atomic mass is 35.5. The number of nitroso groups, excluding NO2 is 1. The Balaban J connectivity index is 3.07. The van der Waals surface area contributed by atoms with Crippen molar-refractivity contribution in [2.45, 2.75) is 0 Å². The fourth-order valence-corrected chi connectivity index (χ4v) is 1.27. The van der Waals surface area contributed by atoms with E-state index < -0.39 is 12.3 Å². The lowest BCUT2D eigenvalue weighted by Crippen LogP contribution is -2.03. The van der Waals surface area contributed by atoms with Crippen molar-refractivity contribution >= 4 is 29.0 Å². The lowest BCUT2D eigenvalue weighted by molar-refractivity contribution is 0.100. The van der Waals surface area contributed by atoms with E-state index in [0.717, 1.165) is 0 Å². The van der Waals surface area contributed by atoms with E-state index in [1.54, 1.807) is 12.1 Å². The Labute approximate surface area is 84.6 Å². The van der Waals surface area contributed by atoms with Crippen LogP contribution in [0.15, 0.2) is 23.4 Å². The molecule has 0 amide bonds. The first-order chi connectivity index (χ1) is 6.16. The van der Waals surface area contributed by atoms with Gasteiger partial charge in [0.25, 0.3) is 0 Å². The first kappa shape index (κ1) is 10.2. The van der Waals surface area contributed by atoms with Crippen molar-refractivity contribution in [1.82, 2.24) is 0 Å². The number of ketones is 1. The molecule has 0 saturated carbocycles. The number of nitrogens with zero attached hydrogens (tertiary/aromatic N) is 1. The van der Waals surface area contributed by atoms with Gasteiger partial charge in [0.15, 0.2) is 5.78 Å². The lowest BCUT2D eigenvalue weighted by Gasteiger charge is -2.01. The van der Waals surface area contributed by atoms with Crippen LogP contribution >= 0.6 is 23.2 Å². The van der Waals surface area contributed by atoms with Crippen LogP contribution in [0.3, 0.4) is 0 Å². The van der Waals surface area contributed by atoms with E-state index in [-0.39, 0.29) is 10.6 Å². The minimum Gasteiger partial charge on any atom is -0.292 e. The summed E-state index contributed by atoms with van der Waals surface area (Å²) in [5, 5.41) is 2.94. The summed E-state index contributed by atoms with van der Waals surface area (Å²) in [7, 11) is 0. The second-order valence-corrected chi connectivity index (χ2v) is 3.10. The first-order valence-electron chi connectivity index (χ1n) is 3.43. The molecule has 0 radical (unpaired) electrons. The van der Waals surface area contributed by atoms with Gasteiger partial charge in [-0.15, -0.1) is 0 Å². The van der Waals surface area contributed by atoms with Crippen molar-refractivity contribution in [3.05, 3.63) is 38.7 Å². The maximum Gasteiger partial charge on any atom is 0.189 e. The molecule has 0 heterocycles. The normalized spacial score (nSPS) is 9.69. The van der Waals surface area contributed by atoms with Crippen LogP contribution in [0.2, 0.25) is 10.0 Å². The molecule has 0 spiro atoms. The van der Waals surface area contributed by atoms with Gasteiger partial charge in [-0.05, 0) is 12.1 Å². The van der Waals surface area contributed by atoms with Gasteiger partial charge in [-0.25, -0.2) is 0 Å². The maximum atomic E-state index is 11.2. The number of hydrogen-bond donors (Lipinski definition) is 0. The van der Waals surface area contributed by atoms with Crippen LogP contribution < -0.4 is 0 Å². The molecule has 0 aromatic heterocycles. The van der Waals surface area contributed by atoms with Gasteiger partial charge in [0.2, 0.25) is 0 Å². The van der Waals surface area contributed by atoms with E-state index in [9.17, 15) is 9.70 Å². The standard InChI is InChI=1S/C8H5Cl2NO2/c9-6-3-1-2-5(8(6)10)7(12)4-11-13/h1-3H,4H2. The molecule has 68 valence electrons. The molecule has 0 fully saturated rings. The number of carbonyl (C=O) groups is 1. The van der Waals surface area contributed by atoms with Gasteiger partial charge < -0.3 is 0 Å². The van der Waals surface area contributed by atoms with Gasteiger partial charge in [-0.2, -0.15) is 4.91 Å². The summed E-state index contributed by atoms with van der Waals surface area (Å²) in [6.45, 7) is -0.417. The summed E-state index contributed by atoms with van der Waals surface area (Å²) in [4.78, 5) is 21.0. The van der Waals surface area contributed by atoms with E-state index in [4.69, 9.17) is 23.2 Å². The van der Waals surface area contributed by atoms with E-state index >= 15 is 0 Å². The molecule has 0 aliphatic carbocycles. The summed E-state index contributed by atoms with van der Waals surface area (Å²) in [6.07, 6.45) is 0. The summed E-state index contributed by atoms with van der Waals surface area (Å²) < 4.78 is 0. The molecular formula is C8H5Cl2NO2. The molecule has 3 nitrogen and oxygen atoms in total. The van der Waals surface area contributed by atoms with Crippen LogP contribution in [-0.2, 0) is 0 Å². The molecule has 0 N–H and O–H groups in total. The Kier molecular flexibility index (Phi) is 3.39. The maximum absolute atomic E-state index is 11.2. The molecule has 0 bridgehead atoms. The molecule has 5 heteroatoms. The van der Waals surface area contributed by atoms with E-state index in [1.807, 2.05) is 0 Å². The molecule has 0 atom stereocenters. The van der Waals surface area contributed by atoms with Gasteiger partial charge in [0, 0.05) is 5.56 Å². The number of Topliss-reactive ketones (excluding diaryl/α,β-unsaturated/α-hetero) is 1.